The van der Waals surface area contributed by atoms with Crippen LogP contribution in [0.5, 0.6) is 0 Å². The molecule has 22 heavy (non-hydrogen) atoms. The number of ether oxygens (including phenoxy) is 1. The van der Waals surface area contributed by atoms with Gasteiger partial charge in [-0.15, -0.1) is 36.2 Å². The summed E-state index contributed by atoms with van der Waals surface area (Å²) >= 11 is 1.42. The summed E-state index contributed by atoms with van der Waals surface area (Å²) in [6.45, 7) is 8.52. The van der Waals surface area contributed by atoms with E-state index in [9.17, 15) is 4.79 Å². The minimum absolute atomic E-state index is 0. The topological polar surface area (TPSA) is 80.5 Å². The van der Waals surface area contributed by atoms with Crippen molar-refractivity contribution in [1.82, 2.24) is 15.2 Å². The lowest BCUT2D eigenvalue weighted by molar-refractivity contribution is -0.00924. The van der Waals surface area contributed by atoms with Crippen LogP contribution in [0.25, 0.3) is 0 Å². The van der Waals surface area contributed by atoms with E-state index >= 15 is 0 Å². The van der Waals surface area contributed by atoms with Gasteiger partial charge >= 0.3 is 0 Å². The number of amides is 1. The Labute approximate surface area is 147 Å². The van der Waals surface area contributed by atoms with Gasteiger partial charge in [-0.3, -0.25) is 9.69 Å². The highest BCUT2D eigenvalue weighted by Crippen LogP contribution is 2.15. The number of rotatable bonds is 5. The highest BCUT2D eigenvalue weighted by Gasteiger charge is 2.28. The molecule has 1 aromatic rings. The third-order valence-corrected chi connectivity index (χ3v) is 4.38. The molecule has 1 fully saturated rings. The van der Waals surface area contributed by atoms with Crippen molar-refractivity contribution in [3.8, 4) is 0 Å². The van der Waals surface area contributed by atoms with E-state index in [-0.39, 0.29) is 36.3 Å². The van der Waals surface area contributed by atoms with E-state index in [0.29, 0.717) is 18.8 Å². The number of carbonyl (C=O) groups is 1. The second-order valence-corrected chi connectivity index (χ2v) is 6.37. The Balaban J connectivity index is 0.00000220. The number of aromatic nitrogens is 1. The molecule has 0 saturated carbocycles. The van der Waals surface area contributed by atoms with E-state index in [2.05, 4.69) is 29.0 Å². The Morgan fingerprint density at radius 3 is 2.64 bits per heavy atom. The van der Waals surface area contributed by atoms with E-state index in [4.69, 9.17) is 10.5 Å². The van der Waals surface area contributed by atoms with Crippen molar-refractivity contribution >= 4 is 42.1 Å². The fourth-order valence-electron chi connectivity index (χ4n) is 2.18. The van der Waals surface area contributed by atoms with Gasteiger partial charge in [0, 0.05) is 37.1 Å². The lowest BCUT2D eigenvalue weighted by Gasteiger charge is -2.40. The molecule has 0 atom stereocenters. The van der Waals surface area contributed by atoms with Crippen molar-refractivity contribution in [3.05, 3.63) is 16.1 Å². The average molecular weight is 371 g/mol. The molecule has 0 aromatic carbocycles. The summed E-state index contributed by atoms with van der Waals surface area (Å²) in [5, 5.41) is 5.49. The van der Waals surface area contributed by atoms with Crippen LogP contribution >= 0.6 is 36.2 Å². The number of hydrogen-bond donors (Lipinski definition) is 2. The van der Waals surface area contributed by atoms with Crippen molar-refractivity contribution in [2.75, 3.05) is 32.8 Å². The molecular weight excluding hydrogens is 347 g/mol. The molecule has 0 bridgehead atoms. The molecule has 1 aliphatic rings. The van der Waals surface area contributed by atoms with Crippen LogP contribution in [-0.4, -0.2) is 54.2 Å². The highest BCUT2D eigenvalue weighted by atomic mass is 35.5. The number of thiazole rings is 1. The molecular formula is C13H24Cl2N4O2S. The Hall–Kier alpha value is -0.440. The molecule has 0 spiro atoms. The molecule has 1 aromatic heterocycles. The zero-order chi connectivity index (χ0) is 14.6. The van der Waals surface area contributed by atoms with Gasteiger partial charge in [-0.2, -0.15) is 0 Å². The molecule has 2 heterocycles. The summed E-state index contributed by atoms with van der Waals surface area (Å²) in [4.78, 5) is 18.6. The van der Waals surface area contributed by atoms with Gasteiger partial charge < -0.3 is 15.8 Å². The maximum Gasteiger partial charge on any atom is 0.270 e. The summed E-state index contributed by atoms with van der Waals surface area (Å²) in [5.74, 6) is -0.137. The molecule has 3 N–H and O–H groups in total. The number of nitrogens with zero attached hydrogens (tertiary/aromatic N) is 2. The Morgan fingerprint density at radius 2 is 2.09 bits per heavy atom. The molecule has 6 nitrogen and oxygen atoms in total. The number of nitrogens with one attached hydrogen (secondary N) is 1. The van der Waals surface area contributed by atoms with Crippen LogP contribution in [0.2, 0.25) is 0 Å². The molecule has 0 radical (unpaired) electrons. The molecule has 128 valence electrons. The lowest BCUT2D eigenvalue weighted by atomic mass is 10.0. The molecule has 2 rings (SSSR count). The Kier molecular flexibility index (Phi) is 9.45. The minimum atomic E-state index is -0.137. The minimum Gasteiger partial charge on any atom is -0.379 e. The van der Waals surface area contributed by atoms with Gasteiger partial charge in [0.2, 0.25) is 0 Å². The van der Waals surface area contributed by atoms with Gasteiger partial charge in [0.15, 0.2) is 0 Å². The maximum absolute atomic E-state index is 12.1. The predicted octanol–water partition coefficient (Wildman–Crippen LogP) is 1.29. The van der Waals surface area contributed by atoms with E-state index in [1.165, 1.54) is 11.3 Å². The van der Waals surface area contributed by atoms with E-state index in [1.807, 2.05) is 0 Å². The largest absolute Gasteiger partial charge is 0.379 e. The van der Waals surface area contributed by atoms with Gasteiger partial charge in [-0.05, 0) is 13.8 Å². The number of morpholine rings is 1. The van der Waals surface area contributed by atoms with Gasteiger partial charge in [-0.1, -0.05) is 0 Å². The molecule has 9 heteroatoms. The summed E-state index contributed by atoms with van der Waals surface area (Å²) in [6, 6.07) is 0. The first-order chi connectivity index (χ1) is 9.53. The SMILES string of the molecule is CC(C)(CNC(=O)c1csc(CN)n1)N1CCOCC1.Cl.Cl. The molecule has 0 aliphatic carbocycles. The van der Waals surface area contributed by atoms with Crippen molar-refractivity contribution in [2.24, 2.45) is 5.73 Å². The van der Waals surface area contributed by atoms with Gasteiger partial charge in [-0.25, -0.2) is 4.98 Å². The lowest BCUT2D eigenvalue weighted by Crippen LogP contribution is -2.55. The van der Waals surface area contributed by atoms with Crippen LogP contribution in [-0.2, 0) is 11.3 Å². The smallest absolute Gasteiger partial charge is 0.270 e. The average Bonchev–Trinajstić information content (AvgIpc) is 2.95. The van der Waals surface area contributed by atoms with Crippen LogP contribution in [0.3, 0.4) is 0 Å². The van der Waals surface area contributed by atoms with Crippen LogP contribution < -0.4 is 11.1 Å². The number of carbonyl (C=O) groups excluding carboxylic acids is 1. The fraction of sp³-hybridized carbons (Fsp3) is 0.692. The summed E-state index contributed by atoms with van der Waals surface area (Å²) in [7, 11) is 0. The maximum atomic E-state index is 12.1. The van der Waals surface area contributed by atoms with E-state index < -0.39 is 0 Å². The second kappa shape index (κ2) is 9.64. The number of hydrogen-bond acceptors (Lipinski definition) is 6. The van der Waals surface area contributed by atoms with Gasteiger partial charge in [0.1, 0.15) is 10.7 Å². The number of nitrogens with two attached hydrogens (primary N) is 1. The summed E-state index contributed by atoms with van der Waals surface area (Å²) < 4.78 is 5.36. The predicted molar refractivity (Wildman–Crippen MR) is 93.3 cm³/mol. The van der Waals surface area contributed by atoms with Crippen molar-refractivity contribution < 1.29 is 9.53 Å². The quantitative estimate of drug-likeness (QED) is 0.815. The van der Waals surface area contributed by atoms with Crippen LogP contribution in [0, 0.1) is 0 Å². The van der Waals surface area contributed by atoms with Gasteiger partial charge in [0.05, 0.1) is 13.2 Å². The second-order valence-electron chi connectivity index (χ2n) is 5.43. The first-order valence-electron chi connectivity index (χ1n) is 6.78. The Bertz CT molecular complexity index is 465. The Morgan fingerprint density at radius 1 is 1.45 bits per heavy atom. The first-order valence-corrected chi connectivity index (χ1v) is 7.66. The first kappa shape index (κ1) is 21.6. The van der Waals surface area contributed by atoms with Crippen LogP contribution in [0.4, 0.5) is 0 Å². The zero-order valence-electron chi connectivity index (χ0n) is 12.8. The molecule has 1 saturated heterocycles. The molecule has 0 unspecified atom stereocenters. The van der Waals surface area contributed by atoms with Gasteiger partial charge in [0.25, 0.3) is 5.91 Å². The molecule has 1 amide bonds. The van der Waals surface area contributed by atoms with Crippen LogP contribution in [0.15, 0.2) is 5.38 Å². The number of halogens is 2. The zero-order valence-corrected chi connectivity index (χ0v) is 15.3. The summed E-state index contributed by atoms with van der Waals surface area (Å²) in [5.41, 5.74) is 5.86. The molecule has 1 aliphatic heterocycles. The highest BCUT2D eigenvalue weighted by molar-refractivity contribution is 7.09. The fourth-order valence-corrected chi connectivity index (χ4v) is 2.83. The van der Waals surface area contributed by atoms with Crippen LogP contribution in [0.1, 0.15) is 29.3 Å². The standard InChI is InChI=1S/C13H22N4O2S.2ClH/c1-13(2,17-3-5-19-6-4-17)9-15-12(18)10-8-20-11(7-14)16-10;;/h8H,3-7,9,14H2,1-2H3,(H,15,18);2*1H. The van der Waals surface area contributed by atoms with Crippen molar-refractivity contribution in [3.63, 3.8) is 0 Å². The third kappa shape index (κ3) is 5.64. The monoisotopic (exact) mass is 370 g/mol. The van der Waals surface area contributed by atoms with Crippen molar-refractivity contribution in [1.29, 1.82) is 0 Å². The summed E-state index contributed by atoms with van der Waals surface area (Å²) in [6.07, 6.45) is 0. The van der Waals surface area contributed by atoms with E-state index in [0.717, 1.165) is 31.3 Å². The van der Waals surface area contributed by atoms with Crippen molar-refractivity contribution in [2.45, 2.75) is 25.9 Å². The van der Waals surface area contributed by atoms with E-state index in [1.54, 1.807) is 5.38 Å². The third-order valence-electron chi connectivity index (χ3n) is 3.51. The normalized spacial score (nSPS) is 15.6.